The second-order valence-corrected chi connectivity index (χ2v) is 1.63. The van der Waals surface area contributed by atoms with E-state index in [0.29, 0.717) is 0 Å². The van der Waals surface area contributed by atoms with Crippen molar-refractivity contribution in [2.75, 3.05) is 0 Å². The zero-order valence-electron chi connectivity index (χ0n) is 5.10. The summed E-state index contributed by atoms with van der Waals surface area (Å²) in [4.78, 5) is 10.1. The number of carbonyl (C=O) groups is 1. The molecule has 0 spiro atoms. The summed E-state index contributed by atoms with van der Waals surface area (Å²) in [6.07, 6.45) is 6.75. The second kappa shape index (κ2) is 5.23. The maximum absolute atomic E-state index is 10.1. The Bertz CT molecular complexity index is 150. The number of allylic oxidation sites excluding steroid dienone is 2. The molecule has 3 N–H and O–H groups in total. The molecule has 0 heterocycles. The second-order valence-electron chi connectivity index (χ2n) is 1.63. The molecule has 0 atom stereocenters. The minimum atomic E-state index is -0.782. The van der Waals surface area contributed by atoms with Crippen LogP contribution < -0.4 is 0 Å². The summed E-state index contributed by atoms with van der Waals surface area (Å²) < 4.78 is 0. The fourth-order valence-electron chi connectivity index (χ4n) is 0.596. The molecule has 1 rings (SSSR count). The van der Waals surface area contributed by atoms with Crippen LogP contribution in [0.5, 0.6) is 0 Å². The maximum atomic E-state index is 10.1. The number of carboxylic acids is 1. The van der Waals surface area contributed by atoms with Gasteiger partial charge in [-0.15, -0.1) is 0 Å². The van der Waals surface area contributed by atoms with Gasteiger partial charge in [-0.25, -0.2) is 0 Å². The summed E-state index contributed by atoms with van der Waals surface area (Å²) >= 11 is 0. The first kappa shape index (κ1) is 12.1. The zero-order valence-corrected chi connectivity index (χ0v) is 6.20. The molecule has 3 nitrogen and oxygen atoms in total. The molecule has 0 aliphatic heterocycles. The molecule has 0 unspecified atom stereocenters. The van der Waals surface area contributed by atoms with Crippen molar-refractivity contribution < 1.29 is 32.4 Å². The Labute approximate surface area is 69.2 Å². The number of rotatable bonds is 1. The van der Waals surface area contributed by atoms with E-state index in [1.165, 1.54) is 0 Å². The SMILES string of the molecule is O.O=C(O)C1C=CC=C1.[Fe]. The van der Waals surface area contributed by atoms with E-state index in [1.807, 2.05) is 0 Å². The minimum absolute atomic E-state index is 0. The van der Waals surface area contributed by atoms with Gasteiger partial charge >= 0.3 is 5.97 Å². The summed E-state index contributed by atoms with van der Waals surface area (Å²) in [5.41, 5.74) is 0. The van der Waals surface area contributed by atoms with Gasteiger partial charge < -0.3 is 10.6 Å². The molecule has 58 valence electrons. The molecule has 0 aromatic rings. The predicted octanol–water partition coefficient (Wildman–Crippen LogP) is -0.0140. The van der Waals surface area contributed by atoms with Crippen LogP contribution in [0.2, 0.25) is 0 Å². The van der Waals surface area contributed by atoms with Gasteiger partial charge in [0.1, 0.15) is 0 Å². The molecule has 0 radical (unpaired) electrons. The molecule has 0 aromatic carbocycles. The average Bonchev–Trinajstić information content (AvgIpc) is 2.12. The molecule has 1 aliphatic carbocycles. The number of aliphatic carboxylic acids is 1. The van der Waals surface area contributed by atoms with Gasteiger partial charge in [-0.3, -0.25) is 4.79 Å². The molecule has 0 amide bonds. The van der Waals surface area contributed by atoms with Gasteiger partial charge in [-0.05, 0) is 0 Å². The van der Waals surface area contributed by atoms with E-state index < -0.39 is 5.97 Å². The third-order valence-electron chi connectivity index (χ3n) is 1.03. The summed E-state index contributed by atoms with van der Waals surface area (Å²) in [6.45, 7) is 0. The summed E-state index contributed by atoms with van der Waals surface area (Å²) in [5.74, 6) is -1.16. The quantitative estimate of drug-likeness (QED) is 0.582. The van der Waals surface area contributed by atoms with E-state index in [9.17, 15) is 4.79 Å². The fraction of sp³-hybridized carbons (Fsp3) is 0.167. The van der Waals surface area contributed by atoms with Gasteiger partial charge in [0.2, 0.25) is 0 Å². The van der Waals surface area contributed by atoms with Gasteiger partial charge in [0.05, 0.1) is 5.92 Å². The predicted molar refractivity (Wildman–Crippen MR) is 33.0 cm³/mol. The summed E-state index contributed by atoms with van der Waals surface area (Å²) in [5, 5.41) is 8.31. The van der Waals surface area contributed by atoms with Crippen LogP contribution in [0, 0.1) is 5.92 Å². The molecule has 0 fully saturated rings. The van der Waals surface area contributed by atoms with E-state index in [-0.39, 0.29) is 28.5 Å². The Balaban J connectivity index is 0. The van der Waals surface area contributed by atoms with Crippen LogP contribution in [0.1, 0.15) is 0 Å². The van der Waals surface area contributed by atoms with Crippen LogP contribution in [0.4, 0.5) is 0 Å². The monoisotopic (exact) mass is 184 g/mol. The van der Waals surface area contributed by atoms with Gasteiger partial charge in [-0.1, -0.05) is 24.3 Å². The third-order valence-corrected chi connectivity index (χ3v) is 1.03. The summed E-state index contributed by atoms with van der Waals surface area (Å²) in [7, 11) is 0. The Morgan fingerprint density at radius 2 is 1.70 bits per heavy atom. The van der Waals surface area contributed by atoms with Crippen molar-refractivity contribution in [2.24, 2.45) is 5.92 Å². The number of hydrogen-bond acceptors (Lipinski definition) is 1. The van der Waals surface area contributed by atoms with E-state index in [2.05, 4.69) is 0 Å². The van der Waals surface area contributed by atoms with E-state index in [4.69, 9.17) is 5.11 Å². The molecule has 10 heavy (non-hydrogen) atoms. The van der Waals surface area contributed by atoms with E-state index in [0.717, 1.165) is 0 Å². The van der Waals surface area contributed by atoms with Crippen LogP contribution in [0.25, 0.3) is 0 Å². The van der Waals surface area contributed by atoms with Crippen molar-refractivity contribution >= 4 is 5.97 Å². The average molecular weight is 184 g/mol. The first-order valence-electron chi connectivity index (χ1n) is 2.38. The molecule has 0 saturated carbocycles. The zero-order chi connectivity index (χ0) is 5.98. The van der Waals surface area contributed by atoms with Crippen LogP contribution in [-0.4, -0.2) is 16.6 Å². The van der Waals surface area contributed by atoms with Gasteiger partial charge in [0.15, 0.2) is 0 Å². The molecule has 0 aromatic heterocycles. The van der Waals surface area contributed by atoms with Crippen molar-refractivity contribution in [3.8, 4) is 0 Å². The Morgan fingerprint density at radius 1 is 1.30 bits per heavy atom. The standard InChI is InChI=1S/C6H6O2.Fe.H2O/c7-6(8)5-3-1-2-4-5;;/h1-5H,(H,7,8);;1H2. The first-order chi connectivity index (χ1) is 3.80. The van der Waals surface area contributed by atoms with Crippen molar-refractivity contribution in [2.45, 2.75) is 0 Å². The van der Waals surface area contributed by atoms with Crippen molar-refractivity contribution in [1.29, 1.82) is 0 Å². The minimum Gasteiger partial charge on any atom is -0.481 e. The number of carboxylic acid groups (broad SMARTS) is 1. The largest absolute Gasteiger partial charge is 0.481 e. The Morgan fingerprint density at radius 3 is 1.90 bits per heavy atom. The molecule has 0 bridgehead atoms. The van der Waals surface area contributed by atoms with Gasteiger partial charge in [-0.2, -0.15) is 0 Å². The molecular weight excluding hydrogens is 176 g/mol. The Kier molecular flexibility index (Phi) is 6.35. The van der Waals surface area contributed by atoms with Crippen LogP contribution in [-0.2, 0) is 21.9 Å². The molecule has 0 saturated heterocycles. The van der Waals surface area contributed by atoms with E-state index >= 15 is 0 Å². The Hall–Kier alpha value is -0.571. The van der Waals surface area contributed by atoms with Crippen molar-refractivity contribution in [3.63, 3.8) is 0 Å². The smallest absolute Gasteiger partial charge is 0.314 e. The maximum Gasteiger partial charge on any atom is 0.314 e. The molecular formula is C6H8FeO3. The third kappa shape index (κ3) is 2.82. The van der Waals surface area contributed by atoms with Crippen molar-refractivity contribution in [1.82, 2.24) is 0 Å². The van der Waals surface area contributed by atoms with Gasteiger partial charge in [0.25, 0.3) is 0 Å². The van der Waals surface area contributed by atoms with Crippen molar-refractivity contribution in [3.05, 3.63) is 24.3 Å². The fourth-order valence-corrected chi connectivity index (χ4v) is 0.596. The van der Waals surface area contributed by atoms with Gasteiger partial charge in [0, 0.05) is 17.1 Å². The van der Waals surface area contributed by atoms with Crippen LogP contribution >= 0.6 is 0 Å². The number of hydrogen-bond donors (Lipinski definition) is 1. The molecule has 4 heteroatoms. The topological polar surface area (TPSA) is 68.8 Å². The van der Waals surface area contributed by atoms with Crippen LogP contribution in [0.15, 0.2) is 24.3 Å². The molecule has 1 aliphatic rings. The normalized spacial score (nSPS) is 14.0. The summed E-state index contributed by atoms with van der Waals surface area (Å²) in [6, 6.07) is 0. The van der Waals surface area contributed by atoms with Crippen LogP contribution in [0.3, 0.4) is 0 Å². The van der Waals surface area contributed by atoms with E-state index in [1.54, 1.807) is 24.3 Å². The first-order valence-corrected chi connectivity index (χ1v) is 2.38.